The monoisotopic (exact) mass is 196 g/mol. The van der Waals surface area contributed by atoms with E-state index in [1.54, 1.807) is 6.20 Å². The van der Waals surface area contributed by atoms with Crippen molar-refractivity contribution in [3.8, 4) is 11.3 Å². The third kappa shape index (κ3) is 2.29. The molecule has 0 aliphatic carbocycles. The summed E-state index contributed by atoms with van der Waals surface area (Å²) in [5, 5.41) is 0. The summed E-state index contributed by atoms with van der Waals surface area (Å²) in [7, 11) is 0. The van der Waals surface area contributed by atoms with Crippen LogP contribution in [0.1, 0.15) is 12.5 Å². The molecule has 0 atom stereocenters. The van der Waals surface area contributed by atoms with Crippen LogP contribution in [0.25, 0.3) is 17.3 Å². The molecule has 0 fully saturated rings. The van der Waals surface area contributed by atoms with Crippen molar-refractivity contribution >= 4 is 6.08 Å². The van der Waals surface area contributed by atoms with Crippen molar-refractivity contribution in [2.75, 3.05) is 0 Å². The van der Waals surface area contributed by atoms with Gasteiger partial charge in [-0.3, -0.25) is 9.97 Å². The van der Waals surface area contributed by atoms with E-state index in [0.29, 0.717) is 0 Å². The zero-order valence-corrected chi connectivity index (χ0v) is 8.59. The molecule has 2 rings (SSSR count). The number of aromatic nitrogens is 2. The number of allylic oxidation sites excluding steroid dienone is 1. The molecule has 0 aromatic carbocycles. The summed E-state index contributed by atoms with van der Waals surface area (Å²) in [6.07, 6.45) is 9.47. The first-order chi connectivity index (χ1) is 7.40. The molecular weight excluding hydrogens is 184 g/mol. The van der Waals surface area contributed by atoms with E-state index in [0.717, 1.165) is 16.8 Å². The number of hydrogen-bond acceptors (Lipinski definition) is 2. The van der Waals surface area contributed by atoms with Gasteiger partial charge in [-0.2, -0.15) is 0 Å². The predicted molar refractivity (Wildman–Crippen MR) is 62.2 cm³/mol. The van der Waals surface area contributed by atoms with Gasteiger partial charge in [-0.1, -0.05) is 18.2 Å². The zero-order chi connectivity index (χ0) is 10.5. The largest absolute Gasteiger partial charge is 0.264 e. The highest BCUT2D eigenvalue weighted by Crippen LogP contribution is 2.15. The van der Waals surface area contributed by atoms with Crippen LogP contribution in [-0.4, -0.2) is 9.97 Å². The number of nitrogens with zero attached hydrogens (tertiary/aromatic N) is 2. The molecule has 0 amide bonds. The van der Waals surface area contributed by atoms with E-state index in [4.69, 9.17) is 0 Å². The van der Waals surface area contributed by atoms with Gasteiger partial charge in [-0.25, -0.2) is 0 Å². The molecule has 0 saturated carbocycles. The van der Waals surface area contributed by atoms with Crippen LogP contribution in [0, 0.1) is 0 Å². The van der Waals surface area contributed by atoms with Gasteiger partial charge in [-0.15, -0.1) is 0 Å². The summed E-state index contributed by atoms with van der Waals surface area (Å²) in [6, 6.07) is 7.98. The molecule has 0 aliphatic heterocycles. The standard InChI is InChI=1S/C13H12N2/c1-2-4-11-6-7-13(15-9-11)12-5-3-8-14-10-12/h2-10H,1H3. The van der Waals surface area contributed by atoms with Crippen LogP contribution in [0.15, 0.2) is 48.9 Å². The SMILES string of the molecule is CC=Cc1ccc(-c2cccnc2)nc1. The minimum atomic E-state index is 0.955. The highest BCUT2D eigenvalue weighted by Gasteiger charge is 1.97. The van der Waals surface area contributed by atoms with E-state index in [-0.39, 0.29) is 0 Å². The van der Waals surface area contributed by atoms with Crippen LogP contribution < -0.4 is 0 Å². The smallest absolute Gasteiger partial charge is 0.0717 e. The highest BCUT2D eigenvalue weighted by molar-refractivity contribution is 5.59. The molecule has 2 aromatic rings. The number of pyridine rings is 2. The second kappa shape index (κ2) is 4.51. The van der Waals surface area contributed by atoms with Gasteiger partial charge in [0.25, 0.3) is 0 Å². The van der Waals surface area contributed by atoms with Crippen LogP contribution in [0.2, 0.25) is 0 Å². The summed E-state index contributed by atoms with van der Waals surface area (Å²) in [6.45, 7) is 2.00. The van der Waals surface area contributed by atoms with Gasteiger partial charge in [0, 0.05) is 24.2 Å². The first-order valence-electron chi connectivity index (χ1n) is 4.89. The third-order valence-electron chi connectivity index (χ3n) is 2.10. The molecular formula is C13H12N2. The Morgan fingerprint density at radius 3 is 2.67 bits per heavy atom. The number of rotatable bonds is 2. The average Bonchev–Trinajstić information content (AvgIpc) is 2.32. The third-order valence-corrected chi connectivity index (χ3v) is 2.10. The van der Waals surface area contributed by atoms with Crippen molar-refractivity contribution in [3.05, 3.63) is 54.5 Å². The Hall–Kier alpha value is -1.96. The first kappa shape index (κ1) is 9.59. The van der Waals surface area contributed by atoms with E-state index < -0.39 is 0 Å². The van der Waals surface area contributed by atoms with E-state index in [2.05, 4.69) is 16.0 Å². The second-order valence-electron chi connectivity index (χ2n) is 3.22. The maximum atomic E-state index is 4.38. The molecule has 0 N–H and O–H groups in total. The van der Waals surface area contributed by atoms with Crippen LogP contribution >= 0.6 is 0 Å². The van der Waals surface area contributed by atoms with Gasteiger partial charge >= 0.3 is 0 Å². The van der Waals surface area contributed by atoms with Gasteiger partial charge in [0.15, 0.2) is 0 Å². The van der Waals surface area contributed by atoms with Crippen molar-refractivity contribution in [2.45, 2.75) is 6.92 Å². The van der Waals surface area contributed by atoms with Gasteiger partial charge < -0.3 is 0 Å². The normalized spacial score (nSPS) is 10.7. The van der Waals surface area contributed by atoms with E-state index in [1.165, 1.54) is 0 Å². The van der Waals surface area contributed by atoms with Gasteiger partial charge in [0.05, 0.1) is 5.69 Å². The topological polar surface area (TPSA) is 25.8 Å². The molecule has 2 heteroatoms. The Labute approximate surface area is 89.3 Å². The maximum absolute atomic E-state index is 4.38. The lowest BCUT2D eigenvalue weighted by atomic mass is 10.1. The maximum Gasteiger partial charge on any atom is 0.0717 e. The molecule has 0 radical (unpaired) electrons. The molecule has 2 heterocycles. The Bertz CT molecular complexity index is 444. The molecule has 0 unspecified atom stereocenters. The van der Waals surface area contributed by atoms with Crippen LogP contribution in [0.3, 0.4) is 0 Å². The van der Waals surface area contributed by atoms with Crippen molar-refractivity contribution < 1.29 is 0 Å². The molecule has 2 nitrogen and oxygen atoms in total. The second-order valence-corrected chi connectivity index (χ2v) is 3.22. The summed E-state index contributed by atoms with van der Waals surface area (Å²) >= 11 is 0. The van der Waals surface area contributed by atoms with Gasteiger partial charge in [0.2, 0.25) is 0 Å². The van der Waals surface area contributed by atoms with Crippen molar-refractivity contribution in [2.24, 2.45) is 0 Å². The molecule has 2 aromatic heterocycles. The predicted octanol–water partition coefficient (Wildman–Crippen LogP) is 3.18. The minimum absolute atomic E-state index is 0.955. The quantitative estimate of drug-likeness (QED) is 0.737. The lowest BCUT2D eigenvalue weighted by Crippen LogP contribution is -1.84. The molecule has 0 aliphatic rings. The Morgan fingerprint density at radius 1 is 1.13 bits per heavy atom. The van der Waals surface area contributed by atoms with E-state index in [1.807, 2.05) is 49.7 Å². The summed E-state index contributed by atoms with van der Waals surface area (Å²) in [5.74, 6) is 0. The molecule has 74 valence electrons. The summed E-state index contributed by atoms with van der Waals surface area (Å²) in [5.41, 5.74) is 3.12. The van der Waals surface area contributed by atoms with Crippen LogP contribution in [0.4, 0.5) is 0 Å². The minimum Gasteiger partial charge on any atom is -0.264 e. The zero-order valence-electron chi connectivity index (χ0n) is 8.59. The van der Waals surface area contributed by atoms with Gasteiger partial charge in [0.1, 0.15) is 0 Å². The highest BCUT2D eigenvalue weighted by atomic mass is 14.7. The fourth-order valence-corrected chi connectivity index (χ4v) is 1.38. The van der Waals surface area contributed by atoms with Crippen molar-refractivity contribution in [1.29, 1.82) is 0 Å². The van der Waals surface area contributed by atoms with E-state index in [9.17, 15) is 0 Å². The lowest BCUT2D eigenvalue weighted by molar-refractivity contribution is 1.27. The Morgan fingerprint density at radius 2 is 2.07 bits per heavy atom. The fraction of sp³-hybridized carbons (Fsp3) is 0.0769. The Kier molecular flexibility index (Phi) is 2.88. The Balaban J connectivity index is 2.32. The summed E-state index contributed by atoms with van der Waals surface area (Å²) in [4.78, 5) is 8.44. The van der Waals surface area contributed by atoms with Crippen LogP contribution in [-0.2, 0) is 0 Å². The number of hydrogen-bond donors (Lipinski definition) is 0. The van der Waals surface area contributed by atoms with Crippen molar-refractivity contribution in [1.82, 2.24) is 9.97 Å². The average molecular weight is 196 g/mol. The molecule has 15 heavy (non-hydrogen) atoms. The van der Waals surface area contributed by atoms with Gasteiger partial charge in [-0.05, 0) is 30.7 Å². The first-order valence-corrected chi connectivity index (χ1v) is 4.89. The summed E-state index contributed by atoms with van der Waals surface area (Å²) < 4.78 is 0. The van der Waals surface area contributed by atoms with Crippen molar-refractivity contribution in [3.63, 3.8) is 0 Å². The lowest BCUT2D eigenvalue weighted by Gasteiger charge is -1.99. The van der Waals surface area contributed by atoms with Crippen LogP contribution in [0.5, 0.6) is 0 Å². The molecule has 0 saturated heterocycles. The molecule has 0 bridgehead atoms. The van der Waals surface area contributed by atoms with E-state index >= 15 is 0 Å². The molecule has 0 spiro atoms. The fourth-order valence-electron chi connectivity index (χ4n) is 1.38.